The van der Waals surface area contributed by atoms with Crippen LogP contribution in [0.15, 0.2) is 237 Å². The van der Waals surface area contributed by atoms with E-state index in [1.807, 2.05) is 0 Å². The van der Waals surface area contributed by atoms with E-state index in [1.165, 1.54) is 116 Å². The summed E-state index contributed by atoms with van der Waals surface area (Å²) in [4.78, 5) is 0. The van der Waals surface area contributed by atoms with E-state index >= 15 is 0 Å². The van der Waals surface area contributed by atoms with Gasteiger partial charge in [-0.25, -0.2) is 0 Å². The number of hydrogen-bond donors (Lipinski definition) is 0. The maximum atomic E-state index is 2.56. The van der Waals surface area contributed by atoms with E-state index in [2.05, 4.69) is 244 Å². The summed E-state index contributed by atoms with van der Waals surface area (Å²) in [6.07, 6.45) is 3.36. The number of unbranched alkanes of at least 4 members (excludes halogenated alkanes) is 1. The zero-order chi connectivity index (χ0) is 43.3. The number of benzene rings is 11. The van der Waals surface area contributed by atoms with Gasteiger partial charge in [-0.05, 0) is 146 Å². The Hall–Kier alpha value is -7.80. The first-order valence-corrected chi connectivity index (χ1v) is 23.2. The van der Waals surface area contributed by atoms with Gasteiger partial charge in [-0.2, -0.15) is 0 Å². The minimum Gasteiger partial charge on any atom is -0.0654 e. The summed E-state index contributed by atoms with van der Waals surface area (Å²) < 4.78 is 0. The van der Waals surface area contributed by atoms with E-state index in [4.69, 9.17) is 0 Å². The molecule has 0 heteroatoms. The summed E-state index contributed by atoms with van der Waals surface area (Å²) in [7, 11) is 0. The van der Waals surface area contributed by atoms with Crippen LogP contribution in [-0.2, 0) is 5.41 Å². The van der Waals surface area contributed by atoms with Crippen LogP contribution in [0.25, 0.3) is 99.1 Å². The van der Waals surface area contributed by atoms with Crippen LogP contribution in [0.4, 0.5) is 0 Å². The lowest BCUT2D eigenvalue weighted by molar-refractivity contribution is 0.538. The van der Waals surface area contributed by atoms with Crippen molar-refractivity contribution in [2.24, 2.45) is 0 Å². The zero-order valence-corrected chi connectivity index (χ0v) is 36.6. The quantitative estimate of drug-likeness (QED) is 0.127. The van der Waals surface area contributed by atoms with E-state index in [0.29, 0.717) is 0 Å². The lowest BCUT2D eigenvalue weighted by atomic mass is 9.69. The SMILES string of the molecule is CCCCC1(c2ccccc2)c2ccccc2-c2ccc(-c3c4ccccc4c(-c4ccc(-c5cc(-c6ccccc6)cc(-c6ccccc6)c5)c5ccccc45)c4ccccc34)cc21. The van der Waals surface area contributed by atoms with E-state index < -0.39 is 0 Å². The van der Waals surface area contributed by atoms with Gasteiger partial charge in [0, 0.05) is 5.41 Å². The fourth-order valence-corrected chi connectivity index (χ4v) is 11.3. The Bertz CT molecular complexity index is 3450. The van der Waals surface area contributed by atoms with Crippen molar-refractivity contribution in [1.82, 2.24) is 0 Å². The van der Waals surface area contributed by atoms with Crippen LogP contribution in [-0.4, -0.2) is 0 Å². The fourth-order valence-electron chi connectivity index (χ4n) is 11.3. The Kier molecular flexibility index (Phi) is 9.61. The summed E-state index contributed by atoms with van der Waals surface area (Å²) in [6, 6.07) is 88.4. The molecule has 11 aromatic rings. The molecule has 0 spiro atoms. The third-order valence-corrected chi connectivity index (χ3v) is 14.2. The lowest BCUT2D eigenvalue weighted by Gasteiger charge is -2.33. The molecular weight excluding hydrogens is 781 g/mol. The summed E-state index contributed by atoms with van der Waals surface area (Å²) >= 11 is 0. The van der Waals surface area contributed by atoms with Crippen molar-refractivity contribution >= 4 is 32.3 Å². The predicted molar refractivity (Wildman–Crippen MR) is 277 cm³/mol. The standard InChI is InChI=1S/C65H48/c1-2-3-39-65(50-25-11-6-12-26-50)61-34-20-19-29-54(61)55-36-35-46(43-62(55)65)63-56-30-15-17-32-58(56)64(59-33-18-16-31-57(59)63)60-38-37-51(52-27-13-14-28-53(52)60)49-41-47(44-21-7-4-8-22-44)40-48(42-49)45-23-9-5-10-24-45/h4-38,40-43H,2-3,39H2,1H3. The maximum absolute atomic E-state index is 2.56. The van der Waals surface area contributed by atoms with E-state index in [0.717, 1.165) is 19.3 Å². The van der Waals surface area contributed by atoms with Gasteiger partial charge in [0.2, 0.25) is 0 Å². The van der Waals surface area contributed by atoms with Crippen LogP contribution in [0.3, 0.4) is 0 Å². The van der Waals surface area contributed by atoms with Gasteiger partial charge in [-0.15, -0.1) is 0 Å². The second kappa shape index (κ2) is 16.1. The molecule has 0 heterocycles. The second-order valence-electron chi connectivity index (χ2n) is 17.8. The highest BCUT2D eigenvalue weighted by Gasteiger charge is 2.44. The van der Waals surface area contributed by atoms with Gasteiger partial charge in [-0.1, -0.05) is 232 Å². The van der Waals surface area contributed by atoms with E-state index in [1.54, 1.807) is 0 Å². The van der Waals surface area contributed by atoms with E-state index in [-0.39, 0.29) is 5.41 Å². The Morgan fingerprint density at radius 3 is 1.34 bits per heavy atom. The molecular formula is C65H48. The molecule has 65 heavy (non-hydrogen) atoms. The Labute approximate surface area is 382 Å². The third kappa shape index (κ3) is 6.35. The molecule has 0 N–H and O–H groups in total. The fraction of sp³-hybridized carbons (Fsp3) is 0.0769. The largest absolute Gasteiger partial charge is 0.0654 e. The van der Waals surface area contributed by atoms with Crippen molar-refractivity contribution in [1.29, 1.82) is 0 Å². The molecule has 0 fully saturated rings. The van der Waals surface area contributed by atoms with Gasteiger partial charge in [0.25, 0.3) is 0 Å². The Morgan fingerprint density at radius 2 is 0.738 bits per heavy atom. The molecule has 1 aliphatic rings. The highest BCUT2D eigenvalue weighted by Crippen LogP contribution is 2.56. The zero-order valence-electron chi connectivity index (χ0n) is 36.6. The van der Waals surface area contributed by atoms with Crippen molar-refractivity contribution in [3.05, 3.63) is 253 Å². The third-order valence-electron chi connectivity index (χ3n) is 14.2. The summed E-state index contributed by atoms with van der Waals surface area (Å²) in [6.45, 7) is 2.32. The topological polar surface area (TPSA) is 0 Å². The second-order valence-corrected chi connectivity index (χ2v) is 17.8. The van der Waals surface area contributed by atoms with Gasteiger partial charge in [0.05, 0.1) is 0 Å². The normalized spacial score (nSPS) is 14.2. The molecule has 0 nitrogen and oxygen atoms in total. The average Bonchev–Trinajstić information content (AvgIpc) is 3.67. The molecule has 0 aliphatic heterocycles. The maximum Gasteiger partial charge on any atom is 0.0463 e. The average molecular weight is 829 g/mol. The minimum absolute atomic E-state index is 0.228. The predicted octanol–water partition coefficient (Wildman–Crippen LogP) is 18.0. The lowest BCUT2D eigenvalue weighted by Crippen LogP contribution is -2.27. The van der Waals surface area contributed by atoms with Gasteiger partial charge in [-0.3, -0.25) is 0 Å². The smallest absolute Gasteiger partial charge is 0.0463 e. The molecule has 0 saturated carbocycles. The minimum atomic E-state index is -0.228. The Morgan fingerprint density at radius 1 is 0.292 bits per heavy atom. The van der Waals surface area contributed by atoms with Crippen molar-refractivity contribution in [2.75, 3.05) is 0 Å². The van der Waals surface area contributed by atoms with Crippen molar-refractivity contribution < 1.29 is 0 Å². The van der Waals surface area contributed by atoms with Gasteiger partial charge >= 0.3 is 0 Å². The summed E-state index contributed by atoms with van der Waals surface area (Å²) in [5.74, 6) is 0. The molecule has 0 aromatic heterocycles. The molecule has 0 radical (unpaired) electrons. The van der Waals surface area contributed by atoms with Crippen LogP contribution in [0.5, 0.6) is 0 Å². The number of fused-ring (bicyclic) bond motifs is 6. The molecule has 12 rings (SSSR count). The van der Waals surface area contributed by atoms with Crippen LogP contribution < -0.4 is 0 Å². The highest BCUT2D eigenvalue weighted by molar-refractivity contribution is 6.24. The first-order chi connectivity index (χ1) is 32.2. The molecule has 1 unspecified atom stereocenters. The molecule has 0 amide bonds. The highest BCUT2D eigenvalue weighted by atomic mass is 14.5. The summed E-state index contributed by atoms with van der Waals surface area (Å²) in [5, 5.41) is 7.56. The van der Waals surface area contributed by atoms with Gasteiger partial charge in [0.15, 0.2) is 0 Å². The first kappa shape index (κ1) is 38.8. The number of rotatable bonds is 9. The van der Waals surface area contributed by atoms with Crippen molar-refractivity contribution in [2.45, 2.75) is 31.6 Å². The Balaban J connectivity index is 1.08. The molecule has 0 bridgehead atoms. The molecule has 1 atom stereocenters. The van der Waals surface area contributed by atoms with Crippen LogP contribution in [0, 0.1) is 0 Å². The van der Waals surface area contributed by atoms with Gasteiger partial charge < -0.3 is 0 Å². The first-order valence-electron chi connectivity index (χ1n) is 23.2. The molecule has 308 valence electrons. The van der Waals surface area contributed by atoms with Crippen LogP contribution in [0.2, 0.25) is 0 Å². The van der Waals surface area contributed by atoms with E-state index in [9.17, 15) is 0 Å². The van der Waals surface area contributed by atoms with Gasteiger partial charge in [0.1, 0.15) is 0 Å². The molecule has 0 saturated heterocycles. The monoisotopic (exact) mass is 828 g/mol. The van der Waals surface area contributed by atoms with Crippen molar-refractivity contribution in [3.8, 4) is 66.8 Å². The van der Waals surface area contributed by atoms with Crippen LogP contribution >= 0.6 is 0 Å². The van der Waals surface area contributed by atoms with Crippen LogP contribution in [0.1, 0.15) is 42.9 Å². The van der Waals surface area contributed by atoms with Crippen molar-refractivity contribution in [3.63, 3.8) is 0 Å². The summed E-state index contributed by atoms with van der Waals surface area (Å²) in [5.41, 5.74) is 19.1. The number of hydrogen-bond acceptors (Lipinski definition) is 0. The molecule has 1 aliphatic carbocycles. The molecule has 11 aromatic carbocycles.